The van der Waals surface area contributed by atoms with Gasteiger partial charge >= 0.3 is 0 Å². The molecule has 23 heavy (non-hydrogen) atoms. The highest BCUT2D eigenvalue weighted by molar-refractivity contribution is 6.06. The summed E-state index contributed by atoms with van der Waals surface area (Å²) in [4.78, 5) is 30.2. The maximum Gasteiger partial charge on any atom is 0.276 e. The number of carbonyl (C=O) groups excluding carboxylic acids is 2. The Morgan fingerprint density at radius 1 is 1.17 bits per heavy atom. The maximum atomic E-state index is 12.5. The summed E-state index contributed by atoms with van der Waals surface area (Å²) in [6.45, 7) is 2.69. The van der Waals surface area contributed by atoms with Crippen molar-refractivity contribution in [1.82, 2.24) is 10.3 Å². The Bertz CT molecular complexity index is 671. The van der Waals surface area contributed by atoms with Crippen molar-refractivity contribution in [3.05, 3.63) is 59.9 Å². The zero-order chi connectivity index (χ0) is 16.7. The number of unbranched alkanes of at least 4 members (excludes halogenated alkanes) is 1. The van der Waals surface area contributed by atoms with Gasteiger partial charge in [0.05, 0.1) is 0 Å². The number of amides is 2. The van der Waals surface area contributed by atoms with E-state index in [-0.39, 0.29) is 17.5 Å². The fraction of sp³-hybridized carbons (Fsp3) is 0.278. The highest BCUT2D eigenvalue weighted by Crippen LogP contribution is 2.14. The first kappa shape index (κ1) is 16.7. The summed E-state index contributed by atoms with van der Waals surface area (Å²) in [6.07, 6.45) is 3.43. The Balaban J connectivity index is 2.12. The van der Waals surface area contributed by atoms with Crippen molar-refractivity contribution in [2.75, 3.05) is 18.5 Å². The Kier molecular flexibility index (Phi) is 5.86. The molecule has 2 amide bonds. The van der Waals surface area contributed by atoms with Crippen molar-refractivity contribution in [3.63, 3.8) is 0 Å². The smallest absolute Gasteiger partial charge is 0.276 e. The van der Waals surface area contributed by atoms with E-state index in [1.165, 1.54) is 17.2 Å². The van der Waals surface area contributed by atoms with Crippen LogP contribution in [0.15, 0.2) is 48.7 Å². The molecule has 0 bridgehead atoms. The molecule has 0 atom stereocenters. The first-order valence-electron chi connectivity index (χ1n) is 7.71. The van der Waals surface area contributed by atoms with Gasteiger partial charge < -0.3 is 10.2 Å². The van der Waals surface area contributed by atoms with E-state index in [9.17, 15) is 9.59 Å². The maximum absolute atomic E-state index is 12.5. The van der Waals surface area contributed by atoms with Gasteiger partial charge in [0.1, 0.15) is 5.69 Å². The van der Waals surface area contributed by atoms with Crippen LogP contribution in [0.3, 0.4) is 0 Å². The highest BCUT2D eigenvalue weighted by Gasteiger charge is 2.16. The molecule has 0 radical (unpaired) electrons. The minimum atomic E-state index is -0.251. The first-order chi connectivity index (χ1) is 11.1. The summed E-state index contributed by atoms with van der Waals surface area (Å²) in [5.74, 6) is -0.434. The number of hydrogen-bond donors (Lipinski definition) is 1. The summed E-state index contributed by atoms with van der Waals surface area (Å²) < 4.78 is 0. The number of nitrogens with zero attached hydrogens (tertiary/aromatic N) is 2. The predicted molar refractivity (Wildman–Crippen MR) is 90.7 cm³/mol. The second kappa shape index (κ2) is 8.08. The van der Waals surface area contributed by atoms with Gasteiger partial charge in [0, 0.05) is 31.0 Å². The van der Waals surface area contributed by atoms with Gasteiger partial charge in [-0.1, -0.05) is 31.5 Å². The molecule has 0 fully saturated rings. The van der Waals surface area contributed by atoms with Crippen LogP contribution < -0.4 is 10.2 Å². The number of hydrogen-bond acceptors (Lipinski definition) is 3. The lowest BCUT2D eigenvalue weighted by molar-refractivity contribution is 0.0953. The molecule has 1 N–H and O–H groups in total. The van der Waals surface area contributed by atoms with Crippen molar-refractivity contribution in [2.45, 2.75) is 19.8 Å². The fourth-order valence-corrected chi connectivity index (χ4v) is 2.11. The van der Waals surface area contributed by atoms with Crippen molar-refractivity contribution in [1.29, 1.82) is 0 Å². The number of carbonyl (C=O) groups is 2. The van der Waals surface area contributed by atoms with Gasteiger partial charge in [-0.05, 0) is 30.7 Å². The Morgan fingerprint density at radius 2 is 1.91 bits per heavy atom. The lowest BCUT2D eigenvalue weighted by Crippen LogP contribution is -2.28. The molecule has 0 aliphatic carbocycles. The van der Waals surface area contributed by atoms with Gasteiger partial charge in [-0.25, -0.2) is 0 Å². The van der Waals surface area contributed by atoms with Crippen LogP contribution in [-0.4, -0.2) is 30.4 Å². The van der Waals surface area contributed by atoms with E-state index >= 15 is 0 Å². The molecular weight excluding hydrogens is 290 g/mol. The summed E-state index contributed by atoms with van der Waals surface area (Å²) in [6, 6.07) is 12.5. The lowest BCUT2D eigenvalue weighted by Gasteiger charge is -2.17. The zero-order valence-electron chi connectivity index (χ0n) is 13.5. The minimum absolute atomic E-state index is 0.183. The molecule has 2 aromatic rings. The summed E-state index contributed by atoms with van der Waals surface area (Å²) in [7, 11) is 1.69. The molecule has 1 aromatic carbocycles. The average molecular weight is 311 g/mol. The highest BCUT2D eigenvalue weighted by atomic mass is 16.2. The number of anilines is 1. The van der Waals surface area contributed by atoms with E-state index in [2.05, 4.69) is 17.2 Å². The van der Waals surface area contributed by atoms with Gasteiger partial charge in [0.15, 0.2) is 0 Å². The van der Waals surface area contributed by atoms with E-state index in [0.717, 1.165) is 18.5 Å². The number of pyridine rings is 1. The van der Waals surface area contributed by atoms with Crippen LogP contribution in [0.2, 0.25) is 0 Å². The molecule has 0 aliphatic heterocycles. The van der Waals surface area contributed by atoms with Gasteiger partial charge in [-0.15, -0.1) is 0 Å². The van der Waals surface area contributed by atoms with Crippen molar-refractivity contribution in [2.24, 2.45) is 0 Å². The molecule has 5 heteroatoms. The van der Waals surface area contributed by atoms with E-state index in [4.69, 9.17) is 0 Å². The number of nitrogens with one attached hydrogen (secondary N) is 1. The first-order valence-corrected chi connectivity index (χ1v) is 7.71. The number of benzene rings is 1. The van der Waals surface area contributed by atoms with E-state index < -0.39 is 0 Å². The quantitative estimate of drug-likeness (QED) is 0.834. The molecular formula is C18H21N3O2. The third-order valence-electron chi connectivity index (χ3n) is 3.51. The van der Waals surface area contributed by atoms with Crippen LogP contribution in [0.25, 0.3) is 0 Å². The Hall–Kier alpha value is -2.69. The normalized spacial score (nSPS) is 10.2. The third-order valence-corrected chi connectivity index (χ3v) is 3.51. The van der Waals surface area contributed by atoms with Crippen LogP contribution in [0.4, 0.5) is 5.69 Å². The van der Waals surface area contributed by atoms with Gasteiger partial charge in [-0.2, -0.15) is 0 Å². The number of para-hydroxylation sites is 1. The average Bonchev–Trinajstić information content (AvgIpc) is 2.61. The Morgan fingerprint density at radius 3 is 2.61 bits per heavy atom. The van der Waals surface area contributed by atoms with Crippen LogP contribution in [-0.2, 0) is 0 Å². The zero-order valence-corrected chi connectivity index (χ0v) is 13.5. The molecule has 120 valence electrons. The van der Waals surface area contributed by atoms with E-state index in [1.807, 2.05) is 30.3 Å². The van der Waals surface area contributed by atoms with E-state index in [1.54, 1.807) is 13.1 Å². The van der Waals surface area contributed by atoms with Crippen LogP contribution >= 0.6 is 0 Å². The molecule has 1 heterocycles. The third kappa shape index (κ3) is 4.39. The summed E-state index contributed by atoms with van der Waals surface area (Å²) in [5.41, 5.74) is 1.47. The minimum Gasteiger partial charge on any atom is -0.352 e. The SMILES string of the molecule is CCCCNC(=O)c1ccnc(C(=O)N(C)c2ccccc2)c1. The van der Waals surface area contributed by atoms with Crippen LogP contribution in [0.5, 0.6) is 0 Å². The lowest BCUT2D eigenvalue weighted by atomic mass is 10.2. The van der Waals surface area contributed by atoms with Crippen molar-refractivity contribution < 1.29 is 9.59 Å². The largest absolute Gasteiger partial charge is 0.352 e. The van der Waals surface area contributed by atoms with Gasteiger partial charge in [0.25, 0.3) is 11.8 Å². The van der Waals surface area contributed by atoms with Gasteiger partial charge in [0.2, 0.25) is 0 Å². The summed E-state index contributed by atoms with van der Waals surface area (Å²) >= 11 is 0. The van der Waals surface area contributed by atoms with Crippen LogP contribution in [0.1, 0.15) is 40.6 Å². The van der Waals surface area contributed by atoms with E-state index in [0.29, 0.717) is 12.1 Å². The second-order valence-electron chi connectivity index (χ2n) is 5.24. The molecule has 0 spiro atoms. The molecule has 1 aromatic heterocycles. The van der Waals surface area contributed by atoms with Crippen molar-refractivity contribution >= 4 is 17.5 Å². The number of aromatic nitrogens is 1. The molecule has 0 aliphatic rings. The second-order valence-corrected chi connectivity index (χ2v) is 5.24. The van der Waals surface area contributed by atoms with Gasteiger partial charge in [-0.3, -0.25) is 14.6 Å². The number of rotatable bonds is 6. The van der Waals surface area contributed by atoms with Crippen molar-refractivity contribution in [3.8, 4) is 0 Å². The molecule has 0 saturated heterocycles. The topological polar surface area (TPSA) is 62.3 Å². The summed E-state index contributed by atoms with van der Waals surface area (Å²) in [5, 5.41) is 2.84. The monoisotopic (exact) mass is 311 g/mol. The standard InChI is InChI=1S/C18H21N3O2/c1-3-4-11-20-17(22)14-10-12-19-16(13-14)18(23)21(2)15-8-6-5-7-9-15/h5-10,12-13H,3-4,11H2,1-2H3,(H,20,22). The molecule has 2 rings (SSSR count). The van der Waals surface area contributed by atoms with Crippen LogP contribution in [0, 0.1) is 0 Å². The molecule has 0 unspecified atom stereocenters. The Labute approximate surface area is 136 Å². The molecule has 0 saturated carbocycles. The predicted octanol–water partition coefficient (Wildman–Crippen LogP) is 2.89. The molecule has 5 nitrogen and oxygen atoms in total. The fourth-order valence-electron chi connectivity index (χ4n) is 2.11.